The van der Waals surface area contributed by atoms with Crippen LogP contribution in [0.2, 0.25) is 0 Å². The predicted octanol–water partition coefficient (Wildman–Crippen LogP) is 3.50. The third-order valence-electron chi connectivity index (χ3n) is 7.71. The van der Waals surface area contributed by atoms with Crippen LogP contribution in [0.25, 0.3) is 0 Å². The number of alkyl carbamates (subject to hydrolysis) is 2. The number of rotatable bonds is 15. The van der Waals surface area contributed by atoms with Gasteiger partial charge in [0.25, 0.3) is 5.56 Å². The van der Waals surface area contributed by atoms with Crippen LogP contribution in [-0.4, -0.2) is 71.3 Å². The van der Waals surface area contributed by atoms with Gasteiger partial charge in [0, 0.05) is 25.1 Å². The van der Waals surface area contributed by atoms with E-state index in [1.807, 2.05) is 30.3 Å². The fourth-order valence-electron chi connectivity index (χ4n) is 4.66. The second-order valence-electron chi connectivity index (χ2n) is 13.8. The molecule has 0 aliphatic heterocycles. The molecule has 0 saturated heterocycles. The molecular weight excluding hydrogens is 608 g/mol. The monoisotopic (exact) mass is 656 g/mol. The molecule has 1 aromatic heterocycles. The Bertz CT molecular complexity index is 1450. The summed E-state index contributed by atoms with van der Waals surface area (Å²) >= 11 is 0. The Morgan fingerprint density at radius 3 is 2.19 bits per heavy atom. The second kappa shape index (κ2) is 15.5. The number of hydrogen-bond acceptors (Lipinski definition) is 8. The number of nitrogens with one attached hydrogen (secondary N) is 5. The summed E-state index contributed by atoms with van der Waals surface area (Å²) in [7, 11) is 0. The number of aromatic nitrogens is 2. The van der Waals surface area contributed by atoms with Gasteiger partial charge in [-0.3, -0.25) is 14.7 Å². The average molecular weight is 657 g/mol. The molecule has 0 unspecified atom stereocenters. The molecule has 5 N–H and O–H groups in total. The highest BCUT2D eigenvalue weighted by atomic mass is 16.6. The zero-order chi connectivity index (χ0) is 34.2. The molecule has 2 saturated carbocycles. The molecule has 2 fully saturated rings. The fraction of sp³-hybridized carbons (Fsp3) is 0.606. The summed E-state index contributed by atoms with van der Waals surface area (Å²) in [6, 6.07) is 7.81. The first-order valence-corrected chi connectivity index (χ1v) is 16.2. The van der Waals surface area contributed by atoms with Gasteiger partial charge in [0.05, 0.1) is 31.6 Å². The lowest BCUT2D eigenvalue weighted by Crippen LogP contribution is -2.56. The van der Waals surface area contributed by atoms with Crippen LogP contribution in [0.4, 0.5) is 14.4 Å². The summed E-state index contributed by atoms with van der Waals surface area (Å²) < 4.78 is 17.5. The third kappa shape index (κ3) is 11.5. The molecule has 4 amide bonds. The maximum absolute atomic E-state index is 13.6. The molecule has 1 heterocycles. The van der Waals surface area contributed by atoms with E-state index in [-0.39, 0.29) is 37.5 Å². The minimum atomic E-state index is -1.44. The van der Waals surface area contributed by atoms with E-state index in [1.54, 1.807) is 20.8 Å². The first-order valence-electron chi connectivity index (χ1n) is 16.2. The molecule has 47 heavy (non-hydrogen) atoms. The van der Waals surface area contributed by atoms with Crippen LogP contribution in [0.3, 0.4) is 0 Å². The van der Waals surface area contributed by atoms with Gasteiger partial charge < -0.3 is 35.5 Å². The van der Waals surface area contributed by atoms with Crippen LogP contribution in [0.15, 0.2) is 35.1 Å². The first-order chi connectivity index (χ1) is 22.2. The Morgan fingerprint density at radius 2 is 1.57 bits per heavy atom. The van der Waals surface area contributed by atoms with E-state index >= 15 is 0 Å². The number of nitrogens with zero attached hydrogens (tertiary/aromatic N) is 1. The lowest BCUT2D eigenvalue weighted by atomic mass is 10.0. The lowest BCUT2D eigenvalue weighted by Gasteiger charge is -2.29. The molecule has 0 radical (unpaired) electrons. The van der Waals surface area contributed by atoms with Gasteiger partial charge >= 0.3 is 18.2 Å². The van der Waals surface area contributed by atoms with Gasteiger partial charge in [0.2, 0.25) is 5.91 Å². The highest BCUT2D eigenvalue weighted by molar-refractivity contribution is 5.89. The maximum atomic E-state index is 13.6. The van der Waals surface area contributed by atoms with Crippen LogP contribution < -0.4 is 26.8 Å². The van der Waals surface area contributed by atoms with Gasteiger partial charge in [0.1, 0.15) is 11.1 Å². The Kier molecular flexibility index (Phi) is 11.7. The van der Waals surface area contributed by atoms with Crippen LogP contribution >= 0.6 is 0 Å². The van der Waals surface area contributed by atoms with Crippen molar-refractivity contribution in [1.82, 2.24) is 31.0 Å². The largest absolute Gasteiger partial charge is 0.449 e. The summed E-state index contributed by atoms with van der Waals surface area (Å²) in [6.45, 7) is 9.10. The Labute approximate surface area is 274 Å². The summed E-state index contributed by atoms with van der Waals surface area (Å²) in [5, 5.41) is 13.8. The molecule has 2 aliphatic rings. The first kappa shape index (κ1) is 35.5. The second-order valence-corrected chi connectivity index (χ2v) is 13.8. The van der Waals surface area contributed by atoms with Crippen molar-refractivity contribution in [3.05, 3.63) is 57.5 Å². The topological polar surface area (TPSA) is 182 Å². The van der Waals surface area contributed by atoms with E-state index in [2.05, 4.69) is 26.4 Å². The number of carbonyl (C=O) groups is 4. The van der Waals surface area contributed by atoms with Gasteiger partial charge in [-0.15, -0.1) is 0 Å². The molecule has 14 heteroatoms. The zero-order valence-corrected chi connectivity index (χ0v) is 27.9. The summed E-state index contributed by atoms with van der Waals surface area (Å²) in [5.41, 5.74) is -1.60. The zero-order valence-electron chi connectivity index (χ0n) is 27.9. The normalized spacial score (nSPS) is 15.3. The standard InChI is InChI=1S/C33H48N6O8/c1-32(2,3)47-31(44)37-33(4,5)28(41)36-25(20-45-19-23-9-7-6-8-10-23)26-24(15-16-46-30(43)35-18-22-13-14-22)27(40)39(38-26)29(42)34-17-21-11-12-21/h6-10,21-22,25,38H,11-20H2,1-5H3,(H,34,42)(H,35,43)(H,36,41)(H,37,44)/t25-/m1/s1. The minimum absolute atomic E-state index is 0.0327. The number of amides is 4. The van der Waals surface area contributed by atoms with Crippen molar-refractivity contribution in [2.75, 3.05) is 26.3 Å². The van der Waals surface area contributed by atoms with Crippen molar-refractivity contribution in [3.63, 3.8) is 0 Å². The Morgan fingerprint density at radius 1 is 0.936 bits per heavy atom. The van der Waals surface area contributed by atoms with Crippen LogP contribution in [0.1, 0.15) is 83.2 Å². The highest BCUT2D eigenvalue weighted by Crippen LogP contribution is 2.28. The van der Waals surface area contributed by atoms with E-state index in [9.17, 15) is 24.0 Å². The molecule has 1 atom stereocenters. The van der Waals surface area contributed by atoms with E-state index in [4.69, 9.17) is 14.2 Å². The SMILES string of the molecule is CC(C)(C)OC(=O)NC(C)(C)C(=O)N[C@H](COCc1ccccc1)c1[nH]n(C(=O)NCC2CC2)c(=O)c1CCOC(=O)NCC1CC1. The van der Waals surface area contributed by atoms with E-state index < -0.39 is 46.9 Å². The predicted molar refractivity (Wildman–Crippen MR) is 173 cm³/mol. The van der Waals surface area contributed by atoms with Crippen molar-refractivity contribution >= 4 is 24.1 Å². The molecule has 1 aromatic carbocycles. The Balaban J connectivity index is 1.57. The summed E-state index contributed by atoms with van der Waals surface area (Å²) in [5.74, 6) is 0.254. The number of benzene rings is 1. The van der Waals surface area contributed by atoms with Crippen molar-refractivity contribution in [2.24, 2.45) is 11.8 Å². The maximum Gasteiger partial charge on any atom is 0.408 e. The van der Waals surface area contributed by atoms with Crippen molar-refractivity contribution in [2.45, 2.75) is 90.5 Å². The number of aromatic amines is 1. The van der Waals surface area contributed by atoms with Crippen LogP contribution in [0.5, 0.6) is 0 Å². The van der Waals surface area contributed by atoms with E-state index in [0.717, 1.165) is 35.9 Å². The van der Waals surface area contributed by atoms with Crippen LogP contribution in [0, 0.1) is 11.8 Å². The van der Waals surface area contributed by atoms with Crippen LogP contribution in [-0.2, 0) is 32.0 Å². The fourth-order valence-corrected chi connectivity index (χ4v) is 4.66. The molecule has 0 spiro atoms. The molecule has 2 aromatic rings. The number of carbonyl (C=O) groups excluding carboxylic acids is 4. The highest BCUT2D eigenvalue weighted by Gasteiger charge is 2.35. The average Bonchev–Trinajstić information content (AvgIpc) is 3.93. The summed E-state index contributed by atoms with van der Waals surface area (Å²) in [6.07, 6.45) is 2.75. The minimum Gasteiger partial charge on any atom is -0.449 e. The summed E-state index contributed by atoms with van der Waals surface area (Å²) in [4.78, 5) is 65.1. The van der Waals surface area contributed by atoms with Gasteiger partial charge in [-0.1, -0.05) is 30.3 Å². The smallest absolute Gasteiger partial charge is 0.408 e. The van der Waals surface area contributed by atoms with Crippen molar-refractivity contribution < 1.29 is 33.4 Å². The van der Waals surface area contributed by atoms with Gasteiger partial charge in [-0.05, 0) is 77.7 Å². The van der Waals surface area contributed by atoms with Gasteiger partial charge in [-0.2, -0.15) is 4.68 Å². The molecular formula is C33H48N6O8. The van der Waals surface area contributed by atoms with Gasteiger partial charge in [0.15, 0.2) is 0 Å². The molecule has 14 nitrogen and oxygen atoms in total. The number of ether oxygens (including phenoxy) is 3. The third-order valence-corrected chi connectivity index (χ3v) is 7.71. The molecule has 0 bridgehead atoms. The quantitative estimate of drug-likeness (QED) is 0.193. The number of H-pyrrole nitrogens is 1. The van der Waals surface area contributed by atoms with Gasteiger partial charge in [-0.25, -0.2) is 14.4 Å². The number of hydrogen-bond donors (Lipinski definition) is 5. The molecule has 4 rings (SSSR count). The lowest BCUT2D eigenvalue weighted by molar-refractivity contribution is -0.127. The van der Waals surface area contributed by atoms with Crippen molar-refractivity contribution in [3.8, 4) is 0 Å². The molecule has 258 valence electrons. The van der Waals surface area contributed by atoms with E-state index in [1.165, 1.54) is 13.8 Å². The van der Waals surface area contributed by atoms with Crippen molar-refractivity contribution in [1.29, 1.82) is 0 Å². The Hall–Kier alpha value is -4.33. The molecule has 2 aliphatic carbocycles. The van der Waals surface area contributed by atoms with E-state index in [0.29, 0.717) is 24.9 Å².